The van der Waals surface area contributed by atoms with Crippen molar-refractivity contribution in [3.63, 3.8) is 0 Å². The third-order valence-electron chi connectivity index (χ3n) is 3.00. The number of rotatable bonds is 4. The van der Waals surface area contributed by atoms with Crippen molar-refractivity contribution in [1.82, 2.24) is 0 Å². The van der Waals surface area contributed by atoms with E-state index in [4.69, 9.17) is 4.52 Å². The van der Waals surface area contributed by atoms with Crippen LogP contribution in [0.1, 0.15) is 18.1 Å². The zero-order valence-corrected chi connectivity index (χ0v) is 11.9. The van der Waals surface area contributed by atoms with Crippen LogP contribution in [0.25, 0.3) is 0 Å². The van der Waals surface area contributed by atoms with Crippen molar-refractivity contribution in [2.45, 2.75) is 20.3 Å². The van der Waals surface area contributed by atoms with E-state index in [0.717, 1.165) is 17.5 Å². The maximum absolute atomic E-state index is 12.4. The second-order valence-electron chi connectivity index (χ2n) is 4.36. The van der Waals surface area contributed by atoms with Gasteiger partial charge in [-0.3, -0.25) is 0 Å². The Morgan fingerprint density at radius 3 is 2.42 bits per heavy atom. The molecule has 19 heavy (non-hydrogen) atoms. The van der Waals surface area contributed by atoms with E-state index in [1.807, 2.05) is 25.1 Å². The highest BCUT2D eigenvalue weighted by Gasteiger charge is 2.26. The molecule has 0 aliphatic rings. The van der Waals surface area contributed by atoms with E-state index >= 15 is 0 Å². The minimum absolute atomic E-state index is 0.348. The lowest BCUT2D eigenvalue weighted by molar-refractivity contribution is 0.391. The molecule has 0 fully saturated rings. The minimum atomic E-state index is -3.84. The van der Waals surface area contributed by atoms with Crippen molar-refractivity contribution < 1.29 is 14.0 Å². The Balaban J connectivity index is 2.37. The van der Waals surface area contributed by atoms with Crippen LogP contribution < -0.4 is 9.83 Å². The summed E-state index contributed by atoms with van der Waals surface area (Å²) in [7, 11) is -3.84. The van der Waals surface area contributed by atoms with Gasteiger partial charge in [0, 0.05) is 0 Å². The van der Waals surface area contributed by atoms with Gasteiger partial charge in [-0.25, -0.2) is 4.57 Å². The minimum Gasteiger partial charge on any atom is -0.421 e. The molecule has 0 heterocycles. The summed E-state index contributed by atoms with van der Waals surface area (Å²) in [5, 5.41) is 0.348. The highest BCUT2D eigenvalue weighted by molar-refractivity contribution is 7.61. The van der Waals surface area contributed by atoms with E-state index in [1.165, 1.54) is 0 Å². The fourth-order valence-electron chi connectivity index (χ4n) is 1.95. The molecule has 0 aromatic heterocycles. The maximum Gasteiger partial charge on any atom is 0.408 e. The van der Waals surface area contributed by atoms with Gasteiger partial charge < -0.3 is 9.42 Å². The number of hydrogen-bond acceptors (Lipinski definition) is 2. The first kappa shape index (κ1) is 13.9. The van der Waals surface area contributed by atoms with E-state index in [9.17, 15) is 9.46 Å². The predicted molar refractivity (Wildman–Crippen MR) is 77.1 cm³/mol. The zero-order chi connectivity index (χ0) is 13.9. The van der Waals surface area contributed by atoms with E-state index in [1.54, 1.807) is 37.3 Å². The lowest BCUT2D eigenvalue weighted by atomic mass is 10.1. The highest BCUT2D eigenvalue weighted by atomic mass is 31.2. The molecule has 1 N–H and O–H groups in total. The van der Waals surface area contributed by atoms with Crippen LogP contribution in [0.5, 0.6) is 5.75 Å². The van der Waals surface area contributed by atoms with Crippen molar-refractivity contribution in [2.75, 3.05) is 0 Å². The molecule has 0 amide bonds. The van der Waals surface area contributed by atoms with E-state index in [2.05, 4.69) is 0 Å². The summed E-state index contributed by atoms with van der Waals surface area (Å²) in [6.07, 6.45) is 0.754. The summed E-state index contributed by atoms with van der Waals surface area (Å²) in [6.45, 7) is 3.78. The van der Waals surface area contributed by atoms with Gasteiger partial charge in [-0.1, -0.05) is 43.3 Å². The number of hydrogen-bond donors (Lipinski definition) is 1. The Hall–Kier alpha value is -1.57. The van der Waals surface area contributed by atoms with Crippen molar-refractivity contribution in [3.8, 4) is 5.75 Å². The van der Waals surface area contributed by atoms with Crippen LogP contribution in [0.15, 0.2) is 48.5 Å². The lowest BCUT2D eigenvalue weighted by Crippen LogP contribution is -2.12. The van der Waals surface area contributed by atoms with Crippen molar-refractivity contribution >= 4 is 12.9 Å². The van der Waals surface area contributed by atoms with Crippen LogP contribution in [0.3, 0.4) is 0 Å². The third-order valence-corrected chi connectivity index (χ3v) is 4.55. The van der Waals surface area contributed by atoms with Crippen molar-refractivity contribution in [2.24, 2.45) is 0 Å². The largest absolute Gasteiger partial charge is 0.421 e. The van der Waals surface area contributed by atoms with Gasteiger partial charge in [-0.05, 0) is 36.6 Å². The second-order valence-corrected chi connectivity index (χ2v) is 6.06. The summed E-state index contributed by atoms with van der Waals surface area (Å²) in [5.41, 5.74) is 1.67. The number of benzene rings is 2. The smallest absolute Gasteiger partial charge is 0.408 e. The molecule has 4 heteroatoms. The molecule has 0 saturated carbocycles. The van der Waals surface area contributed by atoms with Crippen LogP contribution in [-0.4, -0.2) is 4.89 Å². The van der Waals surface area contributed by atoms with Gasteiger partial charge in [0.1, 0.15) is 5.75 Å². The first-order valence-corrected chi connectivity index (χ1v) is 7.79. The summed E-state index contributed by atoms with van der Waals surface area (Å²) < 4.78 is 17.8. The van der Waals surface area contributed by atoms with Crippen molar-refractivity contribution in [3.05, 3.63) is 59.7 Å². The van der Waals surface area contributed by atoms with Crippen molar-refractivity contribution in [1.29, 1.82) is 0 Å². The Kier molecular flexibility index (Phi) is 4.08. The molecule has 1 atom stereocenters. The first-order chi connectivity index (χ1) is 9.04. The van der Waals surface area contributed by atoms with E-state index < -0.39 is 7.60 Å². The summed E-state index contributed by atoms with van der Waals surface area (Å²) in [4.78, 5) is 10.2. The quantitative estimate of drug-likeness (QED) is 0.870. The summed E-state index contributed by atoms with van der Waals surface area (Å²) in [6, 6.07) is 14.3. The molecule has 0 spiro atoms. The van der Waals surface area contributed by atoms with Gasteiger partial charge in [0.05, 0.1) is 5.30 Å². The number of para-hydroxylation sites is 1. The zero-order valence-electron chi connectivity index (χ0n) is 11.0. The molecule has 0 aliphatic carbocycles. The standard InChI is InChI=1S/C15H17O3P/c1-3-13-9-5-6-10-14(13)18-19(16,17)15-11-7-4-8-12(15)2/h4-11H,3H2,1-2H3,(H,16,17). The lowest BCUT2D eigenvalue weighted by Gasteiger charge is -2.17. The van der Waals surface area contributed by atoms with Crippen LogP contribution in [0.4, 0.5) is 0 Å². The van der Waals surface area contributed by atoms with Crippen LogP contribution in [0, 0.1) is 6.92 Å². The molecule has 1 unspecified atom stereocenters. The predicted octanol–water partition coefficient (Wildman–Crippen LogP) is 3.45. The molecular weight excluding hydrogens is 259 g/mol. The number of aryl methyl sites for hydroxylation is 2. The molecule has 2 aromatic carbocycles. The Morgan fingerprint density at radius 2 is 1.74 bits per heavy atom. The first-order valence-electron chi connectivity index (χ1n) is 6.21. The van der Waals surface area contributed by atoms with E-state index in [-0.39, 0.29) is 0 Å². The van der Waals surface area contributed by atoms with Gasteiger partial charge in [0.15, 0.2) is 0 Å². The molecule has 100 valence electrons. The molecule has 0 saturated heterocycles. The molecule has 3 nitrogen and oxygen atoms in total. The molecule has 0 radical (unpaired) electrons. The topological polar surface area (TPSA) is 46.5 Å². The van der Waals surface area contributed by atoms with Gasteiger partial charge >= 0.3 is 7.60 Å². The van der Waals surface area contributed by atoms with Gasteiger partial charge in [0.25, 0.3) is 0 Å². The Morgan fingerprint density at radius 1 is 1.11 bits per heavy atom. The average Bonchev–Trinajstić information content (AvgIpc) is 2.39. The summed E-state index contributed by atoms with van der Waals surface area (Å²) in [5.74, 6) is 0.471. The van der Waals surface area contributed by atoms with E-state index in [0.29, 0.717) is 11.1 Å². The Labute approximate surface area is 113 Å². The average molecular weight is 276 g/mol. The molecule has 2 rings (SSSR count). The Bertz CT molecular complexity index is 622. The maximum atomic E-state index is 12.4. The van der Waals surface area contributed by atoms with Crippen LogP contribution in [0.2, 0.25) is 0 Å². The fourth-order valence-corrected chi connectivity index (χ4v) is 3.29. The SMILES string of the molecule is CCc1ccccc1OP(=O)(O)c1ccccc1C. The third kappa shape index (κ3) is 3.06. The molecule has 2 aromatic rings. The normalized spacial score (nSPS) is 13.8. The highest BCUT2D eigenvalue weighted by Crippen LogP contribution is 2.43. The van der Waals surface area contributed by atoms with Crippen LogP contribution >= 0.6 is 7.60 Å². The monoisotopic (exact) mass is 276 g/mol. The molecule has 0 aliphatic heterocycles. The summed E-state index contributed by atoms with van der Waals surface area (Å²) >= 11 is 0. The van der Waals surface area contributed by atoms with Gasteiger partial charge in [0.2, 0.25) is 0 Å². The van der Waals surface area contributed by atoms with Crippen LogP contribution in [-0.2, 0) is 11.0 Å². The second kappa shape index (κ2) is 5.60. The van der Waals surface area contributed by atoms with Gasteiger partial charge in [-0.2, -0.15) is 0 Å². The fraction of sp³-hybridized carbons (Fsp3) is 0.200. The molecular formula is C15H17O3P. The van der Waals surface area contributed by atoms with Gasteiger partial charge in [-0.15, -0.1) is 0 Å². The molecule has 0 bridgehead atoms.